The first-order chi connectivity index (χ1) is 16.0. The molecular weight excluding hydrogens is 412 g/mol. The lowest BCUT2D eigenvalue weighted by molar-refractivity contribution is -0.127. The van der Waals surface area contributed by atoms with Crippen LogP contribution >= 0.6 is 0 Å². The molecule has 174 valence electrons. The van der Waals surface area contributed by atoms with Crippen LogP contribution in [0, 0.1) is 0 Å². The molecule has 1 saturated heterocycles. The molecule has 33 heavy (non-hydrogen) atoms. The second kappa shape index (κ2) is 10.2. The van der Waals surface area contributed by atoms with Gasteiger partial charge in [-0.15, -0.1) is 0 Å². The maximum Gasteiger partial charge on any atom is 0.245 e. The van der Waals surface area contributed by atoms with Gasteiger partial charge >= 0.3 is 0 Å². The van der Waals surface area contributed by atoms with Crippen LogP contribution in [0.15, 0.2) is 55.1 Å². The van der Waals surface area contributed by atoms with Crippen molar-refractivity contribution in [2.24, 2.45) is 0 Å². The zero-order chi connectivity index (χ0) is 23.4. The molecule has 0 bridgehead atoms. The lowest BCUT2D eigenvalue weighted by Gasteiger charge is -2.32. The molecule has 1 aromatic heterocycles. The highest BCUT2D eigenvalue weighted by Gasteiger charge is 2.27. The Kier molecular flexibility index (Phi) is 7.14. The van der Waals surface area contributed by atoms with Gasteiger partial charge in [0.2, 0.25) is 5.91 Å². The van der Waals surface area contributed by atoms with Crippen LogP contribution in [0.5, 0.6) is 5.75 Å². The van der Waals surface area contributed by atoms with E-state index < -0.39 is 0 Å². The molecule has 6 nitrogen and oxygen atoms in total. The molecule has 0 aliphatic carbocycles. The summed E-state index contributed by atoms with van der Waals surface area (Å²) in [5.41, 5.74) is 4.50. The van der Waals surface area contributed by atoms with E-state index in [1.54, 1.807) is 7.11 Å². The lowest BCUT2D eigenvalue weighted by Crippen LogP contribution is -2.37. The highest BCUT2D eigenvalue weighted by Crippen LogP contribution is 2.37. The number of amides is 1. The number of likely N-dealkylation sites (tertiary alicyclic amines) is 1. The van der Waals surface area contributed by atoms with Crippen LogP contribution in [0.25, 0.3) is 22.0 Å². The van der Waals surface area contributed by atoms with Crippen molar-refractivity contribution in [2.75, 3.05) is 40.8 Å². The van der Waals surface area contributed by atoms with E-state index in [1.165, 1.54) is 17.2 Å². The SMILES string of the molecule is C=CC(=O)N1CCC(c2c3ccc(-c4ccccc4OC)cc3nn2CCCN(C)C)CC1. The van der Waals surface area contributed by atoms with Gasteiger partial charge in [-0.05, 0) is 63.7 Å². The Morgan fingerprint density at radius 1 is 1.21 bits per heavy atom. The zero-order valence-corrected chi connectivity index (χ0v) is 20.0. The number of para-hydroxylation sites is 1. The molecule has 2 heterocycles. The quantitative estimate of drug-likeness (QED) is 0.476. The first-order valence-corrected chi connectivity index (χ1v) is 11.7. The van der Waals surface area contributed by atoms with Crippen LogP contribution in [0.3, 0.4) is 0 Å². The number of methoxy groups -OCH3 is 1. The van der Waals surface area contributed by atoms with E-state index in [9.17, 15) is 4.79 Å². The van der Waals surface area contributed by atoms with Gasteiger partial charge in [0.15, 0.2) is 0 Å². The second-order valence-corrected chi connectivity index (χ2v) is 9.00. The molecule has 0 atom stereocenters. The number of piperidine rings is 1. The van der Waals surface area contributed by atoms with Crippen molar-refractivity contribution in [3.8, 4) is 16.9 Å². The molecule has 0 saturated carbocycles. The van der Waals surface area contributed by atoms with Crippen LogP contribution < -0.4 is 4.74 Å². The van der Waals surface area contributed by atoms with E-state index in [0.29, 0.717) is 5.92 Å². The van der Waals surface area contributed by atoms with Crippen molar-refractivity contribution >= 4 is 16.8 Å². The monoisotopic (exact) mass is 446 g/mol. The van der Waals surface area contributed by atoms with E-state index >= 15 is 0 Å². The molecule has 1 fully saturated rings. The maximum absolute atomic E-state index is 12.0. The molecule has 4 rings (SSSR count). The molecular formula is C27H34N4O2. The van der Waals surface area contributed by atoms with Crippen molar-refractivity contribution in [3.05, 3.63) is 60.8 Å². The van der Waals surface area contributed by atoms with Crippen LogP contribution in [0.4, 0.5) is 0 Å². The smallest absolute Gasteiger partial charge is 0.245 e. The van der Waals surface area contributed by atoms with Gasteiger partial charge in [0, 0.05) is 42.2 Å². The minimum atomic E-state index is 0.0271. The fourth-order valence-electron chi connectivity index (χ4n) is 4.84. The van der Waals surface area contributed by atoms with E-state index in [2.05, 4.69) is 54.5 Å². The van der Waals surface area contributed by atoms with Crippen molar-refractivity contribution in [3.63, 3.8) is 0 Å². The summed E-state index contributed by atoms with van der Waals surface area (Å²) in [5, 5.41) is 6.27. The fraction of sp³-hybridized carbons (Fsp3) is 0.407. The molecule has 6 heteroatoms. The number of hydrogen-bond acceptors (Lipinski definition) is 4. The number of benzene rings is 2. The lowest BCUT2D eigenvalue weighted by atomic mass is 9.90. The Balaban J connectivity index is 1.69. The maximum atomic E-state index is 12.0. The average molecular weight is 447 g/mol. The summed E-state index contributed by atoms with van der Waals surface area (Å²) in [6.07, 6.45) is 4.35. The number of nitrogens with zero attached hydrogens (tertiary/aromatic N) is 4. The van der Waals surface area contributed by atoms with Crippen LogP contribution in [-0.2, 0) is 11.3 Å². The summed E-state index contributed by atoms with van der Waals surface area (Å²) in [6.45, 7) is 7.07. The number of carbonyl (C=O) groups is 1. The van der Waals surface area contributed by atoms with Gasteiger partial charge in [0.05, 0.1) is 12.6 Å². The average Bonchev–Trinajstić information content (AvgIpc) is 3.20. The summed E-state index contributed by atoms with van der Waals surface area (Å²) < 4.78 is 7.80. The number of ether oxygens (including phenoxy) is 1. The van der Waals surface area contributed by atoms with Crippen LogP contribution in [0.1, 0.15) is 30.9 Å². The molecule has 3 aromatic rings. The van der Waals surface area contributed by atoms with Crippen LogP contribution in [0.2, 0.25) is 0 Å². The highest BCUT2D eigenvalue weighted by molar-refractivity contribution is 5.88. The standard InChI is InChI=1S/C27H34N4O2/c1-5-26(32)30-17-13-20(14-18-30)27-23-12-11-21(22-9-6-7-10-25(22)33-4)19-24(23)28-31(27)16-8-15-29(2)3/h5-7,9-12,19-20H,1,8,13-18H2,2-4H3. The van der Waals surface area contributed by atoms with Crippen molar-refractivity contribution < 1.29 is 9.53 Å². The molecule has 0 N–H and O–H groups in total. The topological polar surface area (TPSA) is 50.6 Å². The Morgan fingerprint density at radius 2 is 1.97 bits per heavy atom. The number of hydrogen-bond donors (Lipinski definition) is 0. The van der Waals surface area contributed by atoms with Gasteiger partial charge < -0.3 is 14.5 Å². The fourth-order valence-corrected chi connectivity index (χ4v) is 4.84. The number of fused-ring (bicyclic) bond motifs is 1. The van der Waals surface area contributed by atoms with E-state index in [4.69, 9.17) is 9.84 Å². The molecule has 1 amide bonds. The Hall–Kier alpha value is -3.12. The summed E-state index contributed by atoms with van der Waals surface area (Å²) in [6, 6.07) is 14.7. The van der Waals surface area contributed by atoms with Gasteiger partial charge in [-0.3, -0.25) is 9.48 Å². The first kappa shape index (κ1) is 23.1. The summed E-state index contributed by atoms with van der Waals surface area (Å²) in [4.78, 5) is 16.2. The molecule has 0 radical (unpaired) electrons. The molecule has 1 aliphatic rings. The van der Waals surface area contributed by atoms with Crippen LogP contribution in [-0.4, -0.2) is 66.3 Å². The normalized spacial score (nSPS) is 14.7. The molecule has 1 aliphatic heterocycles. The summed E-state index contributed by atoms with van der Waals surface area (Å²) in [5.74, 6) is 1.28. The Labute approximate surface area is 196 Å². The van der Waals surface area contributed by atoms with Gasteiger partial charge in [-0.25, -0.2) is 0 Å². The number of carbonyl (C=O) groups excluding carboxylic acids is 1. The van der Waals surface area contributed by atoms with Gasteiger partial charge in [0.25, 0.3) is 0 Å². The van der Waals surface area contributed by atoms with Crippen molar-refractivity contribution in [1.82, 2.24) is 19.6 Å². The number of aromatic nitrogens is 2. The third kappa shape index (κ3) is 4.96. The van der Waals surface area contributed by atoms with Gasteiger partial charge in [0.1, 0.15) is 5.75 Å². The predicted molar refractivity (Wildman–Crippen MR) is 134 cm³/mol. The summed E-state index contributed by atoms with van der Waals surface area (Å²) >= 11 is 0. The molecule has 2 aromatic carbocycles. The van der Waals surface area contributed by atoms with E-state index in [0.717, 1.165) is 67.8 Å². The third-order valence-corrected chi connectivity index (χ3v) is 6.54. The van der Waals surface area contributed by atoms with E-state index in [-0.39, 0.29) is 5.91 Å². The third-order valence-electron chi connectivity index (χ3n) is 6.54. The predicted octanol–water partition coefficient (Wildman–Crippen LogP) is 4.56. The van der Waals surface area contributed by atoms with E-state index in [1.807, 2.05) is 23.1 Å². The largest absolute Gasteiger partial charge is 0.496 e. The van der Waals surface area contributed by atoms with Gasteiger partial charge in [-0.2, -0.15) is 5.10 Å². The highest BCUT2D eigenvalue weighted by atomic mass is 16.5. The van der Waals surface area contributed by atoms with Crippen molar-refractivity contribution in [1.29, 1.82) is 0 Å². The van der Waals surface area contributed by atoms with Crippen molar-refractivity contribution in [2.45, 2.75) is 31.7 Å². The Bertz CT molecular complexity index is 1130. The minimum absolute atomic E-state index is 0.0271. The number of rotatable bonds is 8. The summed E-state index contributed by atoms with van der Waals surface area (Å²) in [7, 11) is 5.91. The Morgan fingerprint density at radius 3 is 2.67 bits per heavy atom. The zero-order valence-electron chi connectivity index (χ0n) is 20.0. The molecule has 0 spiro atoms. The number of aryl methyl sites for hydroxylation is 1. The molecule has 0 unspecified atom stereocenters. The first-order valence-electron chi connectivity index (χ1n) is 11.7. The second-order valence-electron chi connectivity index (χ2n) is 9.00. The van der Waals surface area contributed by atoms with Gasteiger partial charge in [-0.1, -0.05) is 36.9 Å². The minimum Gasteiger partial charge on any atom is -0.496 e.